The van der Waals surface area contributed by atoms with Gasteiger partial charge in [0.15, 0.2) is 0 Å². The Labute approximate surface area is 251 Å². The summed E-state index contributed by atoms with van der Waals surface area (Å²) in [6.45, 7) is 18.8. The fourth-order valence-electron chi connectivity index (χ4n) is 8.42. The van der Waals surface area contributed by atoms with Crippen LogP contribution in [-0.2, 0) is 23.8 Å². The lowest BCUT2D eigenvalue weighted by Crippen LogP contribution is -2.61. The first-order chi connectivity index (χ1) is 19.6. The fourth-order valence-corrected chi connectivity index (χ4v) is 8.42. The molecule has 0 aromatic rings. The lowest BCUT2D eigenvalue weighted by atomic mass is 9.43. The van der Waals surface area contributed by atoms with E-state index in [1.807, 2.05) is 41.5 Å². The van der Waals surface area contributed by atoms with Crippen molar-refractivity contribution < 1.29 is 33.7 Å². The van der Waals surface area contributed by atoms with Crippen LogP contribution in [0.2, 0.25) is 0 Å². The molecule has 0 amide bonds. The lowest BCUT2D eigenvalue weighted by Gasteiger charge is -2.61. The molecular formula is C34H64O7. The zero-order valence-electron chi connectivity index (χ0n) is 28.3. The minimum Gasteiger partial charge on any atom is -0.469 e. The highest BCUT2D eigenvalue weighted by Gasteiger charge is 2.64. The molecule has 41 heavy (non-hydrogen) atoms. The molecule has 7 nitrogen and oxygen atoms in total. The summed E-state index contributed by atoms with van der Waals surface area (Å²) in [5.74, 6) is 1.91. The van der Waals surface area contributed by atoms with Crippen molar-refractivity contribution in [2.24, 2.45) is 40.4 Å². The Bertz CT molecular complexity index is 768. The first-order valence-corrected chi connectivity index (χ1v) is 16.6. The summed E-state index contributed by atoms with van der Waals surface area (Å²) in [6, 6.07) is 0. The fraction of sp³-hybridized carbons (Fsp3) is 0.912. The van der Waals surface area contributed by atoms with Gasteiger partial charge in [0.05, 0.1) is 26.9 Å². The van der Waals surface area contributed by atoms with Crippen LogP contribution in [0.4, 0.5) is 4.79 Å². The summed E-state index contributed by atoms with van der Waals surface area (Å²) in [7, 11) is 2.72. The topological polar surface area (TPSA) is 99.1 Å². The quantitative estimate of drug-likeness (QED) is 0.324. The van der Waals surface area contributed by atoms with E-state index in [0.29, 0.717) is 36.6 Å². The number of hydrogen-bond acceptors (Lipinski definition) is 7. The van der Waals surface area contributed by atoms with Crippen LogP contribution in [0.25, 0.3) is 0 Å². The van der Waals surface area contributed by atoms with Gasteiger partial charge in [-0.05, 0) is 80.5 Å². The van der Waals surface area contributed by atoms with Crippen LogP contribution < -0.4 is 0 Å². The van der Waals surface area contributed by atoms with Gasteiger partial charge in [0.1, 0.15) is 5.78 Å². The van der Waals surface area contributed by atoms with Gasteiger partial charge in [-0.2, -0.15) is 0 Å². The maximum atomic E-state index is 13.3. The van der Waals surface area contributed by atoms with Crippen LogP contribution in [0.5, 0.6) is 0 Å². The van der Waals surface area contributed by atoms with Crippen molar-refractivity contribution in [3.63, 3.8) is 0 Å². The molecule has 8 unspecified atom stereocenters. The van der Waals surface area contributed by atoms with Crippen LogP contribution in [0, 0.1) is 40.4 Å². The summed E-state index contributed by atoms with van der Waals surface area (Å²) in [5, 5.41) is 11.4. The van der Waals surface area contributed by atoms with E-state index in [9.17, 15) is 19.5 Å². The maximum Gasteiger partial charge on any atom is 0.507 e. The lowest BCUT2D eigenvalue weighted by molar-refractivity contribution is -0.179. The average Bonchev–Trinajstić information content (AvgIpc) is 3.31. The Morgan fingerprint density at radius 2 is 1.56 bits per heavy atom. The smallest absolute Gasteiger partial charge is 0.469 e. The predicted octanol–water partition coefficient (Wildman–Crippen LogP) is 8.40. The zero-order chi connectivity index (χ0) is 31.8. The number of hydrogen-bond donors (Lipinski definition) is 1. The van der Waals surface area contributed by atoms with Gasteiger partial charge in [-0.1, -0.05) is 68.2 Å². The van der Waals surface area contributed by atoms with E-state index in [1.165, 1.54) is 33.5 Å². The van der Waals surface area contributed by atoms with E-state index >= 15 is 0 Å². The highest BCUT2D eigenvalue weighted by atomic mass is 16.7. The zero-order valence-corrected chi connectivity index (χ0v) is 28.3. The van der Waals surface area contributed by atoms with Gasteiger partial charge in [0.2, 0.25) is 0 Å². The first kappa shape index (κ1) is 39.4. The van der Waals surface area contributed by atoms with Crippen molar-refractivity contribution in [1.82, 2.24) is 0 Å². The van der Waals surface area contributed by atoms with Crippen molar-refractivity contribution in [2.75, 3.05) is 20.8 Å². The van der Waals surface area contributed by atoms with Gasteiger partial charge in [-0.15, -0.1) is 0 Å². The van der Waals surface area contributed by atoms with Crippen LogP contribution in [0.1, 0.15) is 133 Å². The third-order valence-electron chi connectivity index (χ3n) is 10.1. The van der Waals surface area contributed by atoms with Crippen LogP contribution in [0.15, 0.2) is 0 Å². The van der Waals surface area contributed by atoms with Gasteiger partial charge >= 0.3 is 12.1 Å². The van der Waals surface area contributed by atoms with Crippen molar-refractivity contribution in [1.29, 1.82) is 0 Å². The molecule has 1 N–H and O–H groups in total. The van der Waals surface area contributed by atoms with E-state index < -0.39 is 6.16 Å². The molecule has 8 atom stereocenters. The first-order valence-electron chi connectivity index (χ1n) is 16.6. The molecule has 0 radical (unpaired) electrons. The normalized spacial score (nSPS) is 34.4. The summed E-state index contributed by atoms with van der Waals surface area (Å²) in [6.07, 6.45) is 9.97. The number of Topliss-reactive ketones (excluding diaryl/α,β-unsaturated/α-hetero) is 1. The van der Waals surface area contributed by atoms with E-state index in [2.05, 4.69) is 23.3 Å². The van der Waals surface area contributed by atoms with E-state index in [1.54, 1.807) is 6.92 Å². The summed E-state index contributed by atoms with van der Waals surface area (Å²) < 4.78 is 13.2. The minimum atomic E-state index is -0.623. The number of methoxy groups -OCH3 is 2. The Morgan fingerprint density at radius 1 is 0.927 bits per heavy atom. The van der Waals surface area contributed by atoms with Crippen molar-refractivity contribution >= 4 is 17.9 Å². The van der Waals surface area contributed by atoms with Crippen LogP contribution >= 0.6 is 0 Å². The molecule has 0 aromatic carbocycles. The molecule has 0 saturated heterocycles. The average molecular weight is 585 g/mol. The molecule has 4 saturated carbocycles. The van der Waals surface area contributed by atoms with Gasteiger partial charge in [0, 0.05) is 24.7 Å². The van der Waals surface area contributed by atoms with Crippen molar-refractivity contribution in [2.45, 2.75) is 139 Å². The Morgan fingerprint density at radius 3 is 2.10 bits per heavy atom. The highest BCUT2D eigenvalue weighted by molar-refractivity contribution is 5.83. The Balaban J connectivity index is 0.00000106. The molecule has 0 bridgehead atoms. The molecule has 4 fully saturated rings. The summed E-state index contributed by atoms with van der Waals surface area (Å²) in [4.78, 5) is 34.8. The molecule has 0 aromatic heterocycles. The minimum absolute atomic E-state index is 0.0320. The maximum absolute atomic E-state index is 13.3. The van der Waals surface area contributed by atoms with Crippen molar-refractivity contribution in [3.05, 3.63) is 0 Å². The largest absolute Gasteiger partial charge is 0.507 e. The van der Waals surface area contributed by atoms with Crippen molar-refractivity contribution in [3.8, 4) is 0 Å². The van der Waals surface area contributed by atoms with Gasteiger partial charge in [0.25, 0.3) is 0 Å². The van der Waals surface area contributed by atoms with Gasteiger partial charge < -0.3 is 19.3 Å². The number of carbonyl (C=O) groups is 3. The third kappa shape index (κ3) is 9.43. The van der Waals surface area contributed by atoms with E-state index in [0.717, 1.165) is 44.9 Å². The van der Waals surface area contributed by atoms with E-state index in [4.69, 9.17) is 4.74 Å². The highest BCUT2D eigenvalue weighted by Crippen LogP contribution is 2.67. The number of ketones is 1. The number of ether oxygens (including phenoxy) is 3. The van der Waals surface area contributed by atoms with Gasteiger partial charge in [-0.3, -0.25) is 9.59 Å². The molecule has 4 aliphatic carbocycles. The Hall–Kier alpha value is -1.63. The Kier molecular flexibility index (Phi) is 18.8. The SMILES string of the molecule is CC.CC.CC.CCOC(=O)OC.COC(=O)CCCC1CCC2C3C(=O)CC4CCCCC4(C)C3C(O)CC12C. The van der Waals surface area contributed by atoms with E-state index in [-0.39, 0.29) is 34.7 Å². The molecule has 4 rings (SSSR count). The number of carbonyl (C=O) groups excluding carboxylic acids is 3. The second-order valence-electron chi connectivity index (χ2n) is 11.7. The second kappa shape index (κ2) is 19.5. The monoisotopic (exact) mass is 584 g/mol. The molecule has 242 valence electrons. The number of aliphatic hydroxyl groups is 1. The molecule has 7 heteroatoms. The second-order valence-corrected chi connectivity index (χ2v) is 11.7. The number of esters is 1. The van der Waals surface area contributed by atoms with Crippen LogP contribution in [0.3, 0.4) is 0 Å². The molecule has 0 aliphatic heterocycles. The molecular weight excluding hydrogens is 520 g/mol. The number of fused-ring (bicyclic) bond motifs is 5. The predicted molar refractivity (Wildman–Crippen MR) is 166 cm³/mol. The molecule has 4 aliphatic rings. The standard InChI is InChI=1S/C24H38O4.C4H8O3.3C2H6/c1-23-12-5-4-7-16(23)13-18(25)21-17-11-10-15(8-6-9-20(27)28-3)24(17,2)14-19(26)22(21)23;1-3-7-4(5)6-2;3*1-2/h15-17,19,21-22,26H,4-14H2,1-3H3;3H2,1-2H3;3*1-2H3. The number of rotatable bonds is 5. The molecule has 0 spiro atoms. The van der Waals surface area contributed by atoms with Gasteiger partial charge in [-0.25, -0.2) is 4.79 Å². The summed E-state index contributed by atoms with van der Waals surface area (Å²) in [5.41, 5.74) is 0.171. The molecule has 0 heterocycles. The third-order valence-corrected chi connectivity index (χ3v) is 10.1. The van der Waals surface area contributed by atoms with Crippen LogP contribution in [-0.4, -0.2) is 49.9 Å². The summed E-state index contributed by atoms with van der Waals surface area (Å²) >= 11 is 0. The number of aliphatic hydroxyl groups excluding tert-OH is 1.